The zero-order valence-corrected chi connectivity index (χ0v) is 11.8. The van der Waals surface area contributed by atoms with Crippen molar-refractivity contribution in [2.45, 2.75) is 0 Å². The summed E-state index contributed by atoms with van der Waals surface area (Å²) < 4.78 is 16.6. The van der Waals surface area contributed by atoms with E-state index >= 15 is 0 Å². The molecule has 0 aliphatic carbocycles. The van der Waals surface area contributed by atoms with E-state index in [0.717, 1.165) is 0 Å². The molecule has 22 heavy (non-hydrogen) atoms. The van der Waals surface area contributed by atoms with Crippen LogP contribution in [0.15, 0.2) is 53.6 Å². The summed E-state index contributed by atoms with van der Waals surface area (Å²) in [7, 11) is 0. The number of imidazole rings is 1. The monoisotopic (exact) mass is 314 g/mol. The van der Waals surface area contributed by atoms with E-state index in [1.807, 2.05) is 0 Å². The van der Waals surface area contributed by atoms with E-state index in [4.69, 9.17) is 11.6 Å². The van der Waals surface area contributed by atoms with E-state index in [1.165, 1.54) is 27.3 Å². The average Bonchev–Trinajstić information content (AvgIpc) is 2.85. The lowest BCUT2D eigenvalue weighted by Crippen LogP contribution is -2.14. The molecule has 1 aromatic carbocycles. The van der Waals surface area contributed by atoms with Crippen molar-refractivity contribution in [3.63, 3.8) is 0 Å². The third-order valence-electron chi connectivity index (χ3n) is 3.40. The molecule has 4 rings (SSSR count). The molecule has 0 unspecified atom stereocenters. The molecule has 0 bridgehead atoms. The maximum Gasteiger partial charge on any atom is 0.354 e. The van der Waals surface area contributed by atoms with Crippen LogP contribution in [0.4, 0.5) is 4.39 Å². The maximum absolute atomic E-state index is 13.8. The highest BCUT2D eigenvalue weighted by atomic mass is 35.5. The first kappa shape index (κ1) is 13.0. The summed E-state index contributed by atoms with van der Waals surface area (Å²) in [6, 6.07) is 9.64. The molecule has 0 spiro atoms. The predicted molar refractivity (Wildman–Crippen MR) is 80.2 cm³/mol. The summed E-state index contributed by atoms with van der Waals surface area (Å²) in [5, 5.41) is 0.570. The van der Waals surface area contributed by atoms with E-state index in [2.05, 4.69) is 9.97 Å². The second-order valence-corrected chi connectivity index (χ2v) is 5.16. The van der Waals surface area contributed by atoms with Crippen molar-refractivity contribution in [2.24, 2.45) is 0 Å². The quantitative estimate of drug-likeness (QED) is 0.543. The van der Waals surface area contributed by atoms with Crippen LogP contribution in [0, 0.1) is 5.82 Å². The first-order valence-electron chi connectivity index (χ1n) is 6.45. The molecule has 108 valence electrons. The topological polar surface area (TPSA) is 52.2 Å². The molecule has 0 amide bonds. The summed E-state index contributed by atoms with van der Waals surface area (Å²) in [4.78, 5) is 20.3. The molecule has 0 saturated carbocycles. The number of halogens is 2. The van der Waals surface area contributed by atoms with Gasteiger partial charge >= 0.3 is 5.69 Å². The highest BCUT2D eigenvalue weighted by Crippen LogP contribution is 2.23. The van der Waals surface area contributed by atoms with Crippen LogP contribution in [0.5, 0.6) is 0 Å². The van der Waals surface area contributed by atoms with Crippen LogP contribution in [0.1, 0.15) is 0 Å². The molecule has 1 aromatic heterocycles. The van der Waals surface area contributed by atoms with Crippen LogP contribution in [0.3, 0.4) is 0 Å². The van der Waals surface area contributed by atoms with Gasteiger partial charge in [0.05, 0.1) is 11.9 Å². The van der Waals surface area contributed by atoms with Crippen LogP contribution in [-0.2, 0) is 0 Å². The van der Waals surface area contributed by atoms with Gasteiger partial charge in [-0.2, -0.15) is 4.98 Å². The maximum atomic E-state index is 13.8. The highest BCUT2D eigenvalue weighted by Gasteiger charge is 2.20. The standard InChI is InChI=1S/C15H8ClFN4O/c16-9-3-5-10(6-4-9)21-12-8-18-13-11(17)2-1-7-20(13)14(12)19-15(21)22/h1-8H. The first-order chi connectivity index (χ1) is 10.6. The molecular formula is C15H8ClFN4O. The number of pyridine rings is 1. The Morgan fingerprint density at radius 3 is 2.68 bits per heavy atom. The molecule has 3 heterocycles. The minimum Gasteiger partial charge on any atom is -0.282 e. The predicted octanol–water partition coefficient (Wildman–Crippen LogP) is 2.78. The van der Waals surface area contributed by atoms with E-state index in [1.54, 1.807) is 30.5 Å². The minimum absolute atomic E-state index is 0.121. The van der Waals surface area contributed by atoms with Crippen molar-refractivity contribution in [3.05, 3.63) is 70.1 Å². The molecule has 0 radical (unpaired) electrons. The van der Waals surface area contributed by atoms with Crippen molar-refractivity contribution < 1.29 is 4.39 Å². The minimum atomic E-state index is -0.474. The molecule has 2 aliphatic rings. The van der Waals surface area contributed by atoms with Gasteiger partial charge in [-0.25, -0.2) is 14.2 Å². The van der Waals surface area contributed by atoms with Crippen LogP contribution in [0.25, 0.3) is 22.9 Å². The van der Waals surface area contributed by atoms with Crippen LogP contribution in [0.2, 0.25) is 5.02 Å². The highest BCUT2D eigenvalue weighted by molar-refractivity contribution is 6.30. The van der Waals surface area contributed by atoms with Gasteiger partial charge in [-0.3, -0.25) is 8.97 Å². The van der Waals surface area contributed by atoms with Crippen LogP contribution >= 0.6 is 11.6 Å². The van der Waals surface area contributed by atoms with E-state index in [0.29, 0.717) is 22.2 Å². The molecule has 5 nitrogen and oxygen atoms in total. The van der Waals surface area contributed by atoms with Gasteiger partial charge in [0.1, 0.15) is 5.69 Å². The van der Waals surface area contributed by atoms with E-state index in [9.17, 15) is 9.18 Å². The summed E-state index contributed by atoms with van der Waals surface area (Å²) in [6.07, 6.45) is 3.06. The van der Waals surface area contributed by atoms with Gasteiger partial charge in [-0.1, -0.05) is 11.6 Å². The number of aromatic nitrogens is 4. The summed E-state index contributed by atoms with van der Waals surface area (Å²) in [6.45, 7) is 0. The van der Waals surface area contributed by atoms with Gasteiger partial charge in [-0.05, 0) is 36.4 Å². The van der Waals surface area contributed by atoms with E-state index in [-0.39, 0.29) is 5.65 Å². The lowest BCUT2D eigenvalue weighted by molar-refractivity contribution is 0.627. The molecule has 0 saturated heterocycles. The van der Waals surface area contributed by atoms with Gasteiger partial charge in [0.15, 0.2) is 17.3 Å². The van der Waals surface area contributed by atoms with Crippen molar-refractivity contribution in [3.8, 4) is 17.2 Å². The molecule has 7 heteroatoms. The Hall–Kier alpha value is -2.73. The summed E-state index contributed by atoms with van der Waals surface area (Å²) in [5.41, 5.74) is 0.782. The zero-order valence-electron chi connectivity index (χ0n) is 11.1. The summed E-state index contributed by atoms with van der Waals surface area (Å²) in [5.74, 6) is -0.123. The smallest absolute Gasteiger partial charge is 0.282 e. The number of hydrogen-bond donors (Lipinski definition) is 0. The second-order valence-electron chi connectivity index (χ2n) is 4.72. The lowest BCUT2D eigenvalue weighted by Gasteiger charge is -2.09. The largest absolute Gasteiger partial charge is 0.354 e. The first-order valence-corrected chi connectivity index (χ1v) is 6.83. The molecule has 0 atom stereocenters. The van der Waals surface area contributed by atoms with E-state index < -0.39 is 11.5 Å². The van der Waals surface area contributed by atoms with Crippen LogP contribution < -0.4 is 5.69 Å². The Morgan fingerprint density at radius 2 is 1.91 bits per heavy atom. The van der Waals surface area contributed by atoms with Crippen molar-refractivity contribution in [2.75, 3.05) is 0 Å². The normalized spacial score (nSPS) is 11.4. The average molecular weight is 315 g/mol. The third-order valence-corrected chi connectivity index (χ3v) is 3.66. The Labute approximate surface area is 128 Å². The molecule has 2 aliphatic heterocycles. The molecule has 0 N–H and O–H groups in total. The van der Waals surface area contributed by atoms with Crippen LogP contribution in [-0.4, -0.2) is 18.9 Å². The molecule has 0 fully saturated rings. The Kier molecular flexibility index (Phi) is 2.74. The SMILES string of the molecule is O=c1nc2n3cccc(F)c3ncc-2n1-c1ccc(Cl)cc1. The van der Waals surface area contributed by atoms with Crippen molar-refractivity contribution in [1.29, 1.82) is 0 Å². The van der Waals surface area contributed by atoms with Crippen molar-refractivity contribution in [1.82, 2.24) is 18.9 Å². The van der Waals surface area contributed by atoms with Crippen molar-refractivity contribution >= 4 is 17.2 Å². The lowest BCUT2D eigenvalue weighted by atomic mass is 10.3. The zero-order chi connectivity index (χ0) is 15.3. The fourth-order valence-electron chi connectivity index (χ4n) is 2.42. The van der Waals surface area contributed by atoms with Gasteiger partial charge in [0.25, 0.3) is 0 Å². The van der Waals surface area contributed by atoms with Gasteiger partial charge in [-0.15, -0.1) is 0 Å². The Bertz CT molecular complexity index is 1020. The number of benzene rings is 1. The number of hydrogen-bond acceptors (Lipinski definition) is 3. The number of fused-ring (bicyclic) bond motifs is 3. The van der Waals surface area contributed by atoms with Gasteiger partial charge in [0, 0.05) is 11.2 Å². The summed E-state index contributed by atoms with van der Waals surface area (Å²) >= 11 is 5.87. The van der Waals surface area contributed by atoms with Gasteiger partial charge in [0.2, 0.25) is 0 Å². The molecular weight excluding hydrogens is 307 g/mol. The second kappa shape index (κ2) is 4.64. The Balaban J connectivity index is 2.06. The molecule has 2 aromatic rings. The number of nitrogens with zero attached hydrogens (tertiary/aromatic N) is 4. The fourth-order valence-corrected chi connectivity index (χ4v) is 2.55. The number of rotatable bonds is 1. The third kappa shape index (κ3) is 1.81. The fraction of sp³-hybridized carbons (Fsp3) is 0. The van der Waals surface area contributed by atoms with Gasteiger partial charge < -0.3 is 0 Å². The Morgan fingerprint density at radius 1 is 1.14 bits per heavy atom.